The molecule has 250 valence electrons. The van der Waals surface area contributed by atoms with E-state index in [2.05, 4.69) is 147 Å². The average molecular weight is 698 g/mol. The second-order valence-corrected chi connectivity index (χ2v) is 15.4. The topological polar surface area (TPSA) is 51.8 Å². The summed E-state index contributed by atoms with van der Waals surface area (Å²) in [6.45, 7) is 4.59. The minimum absolute atomic E-state index is 0.128. The van der Waals surface area contributed by atoms with Crippen molar-refractivity contribution < 1.29 is 4.42 Å². The zero-order valence-corrected chi connectivity index (χ0v) is 29.9. The highest BCUT2D eigenvalue weighted by Gasteiger charge is 2.37. The van der Waals surface area contributed by atoms with Gasteiger partial charge in [-0.1, -0.05) is 135 Å². The molecule has 0 N–H and O–H groups in total. The molecule has 0 amide bonds. The van der Waals surface area contributed by atoms with Crippen LogP contribution in [0.4, 0.5) is 0 Å². The van der Waals surface area contributed by atoms with Gasteiger partial charge in [0.15, 0.2) is 17.5 Å². The van der Waals surface area contributed by atoms with E-state index >= 15 is 0 Å². The van der Waals surface area contributed by atoms with E-state index in [9.17, 15) is 0 Å². The van der Waals surface area contributed by atoms with Crippen molar-refractivity contribution in [3.8, 4) is 56.4 Å². The molecule has 53 heavy (non-hydrogen) atoms. The van der Waals surface area contributed by atoms with Gasteiger partial charge in [0.05, 0.1) is 0 Å². The molecule has 0 radical (unpaired) electrons. The predicted molar refractivity (Wildman–Crippen MR) is 219 cm³/mol. The van der Waals surface area contributed by atoms with E-state index in [1.54, 1.807) is 0 Å². The number of hydrogen-bond acceptors (Lipinski definition) is 5. The van der Waals surface area contributed by atoms with Crippen molar-refractivity contribution in [3.05, 3.63) is 163 Å². The molecule has 0 spiro atoms. The monoisotopic (exact) mass is 697 g/mol. The van der Waals surface area contributed by atoms with Crippen molar-refractivity contribution >= 4 is 53.4 Å². The zero-order chi connectivity index (χ0) is 35.3. The van der Waals surface area contributed by atoms with E-state index in [1.165, 1.54) is 48.0 Å². The molecule has 0 saturated heterocycles. The summed E-state index contributed by atoms with van der Waals surface area (Å²) in [4.78, 5) is 15.4. The molecule has 4 nitrogen and oxygen atoms in total. The number of thiophene rings is 1. The standard InChI is InChI=1S/C48H31N3OS/c1-48(2)38-19-8-6-15-36(38)43-37(18-11-20-39(43)48)47-50-45(28-12-4-3-5-13-28)49-46(51-47)30-23-25-33-32-24-22-29(26-40(32)52-41(33)27-30)31-16-10-17-35-34-14-7-9-21-42(34)53-44(31)35/h3-27H,1-2H3. The van der Waals surface area contributed by atoms with E-state index < -0.39 is 0 Å². The molecule has 0 unspecified atom stereocenters. The fraction of sp³-hybridized carbons (Fsp3) is 0.0625. The first-order chi connectivity index (χ1) is 26.0. The number of benzene rings is 7. The summed E-state index contributed by atoms with van der Waals surface area (Å²) in [6.07, 6.45) is 0. The Kier molecular flexibility index (Phi) is 6.43. The summed E-state index contributed by atoms with van der Waals surface area (Å²) in [5.74, 6) is 1.90. The highest BCUT2D eigenvalue weighted by atomic mass is 32.1. The third kappa shape index (κ3) is 4.57. The van der Waals surface area contributed by atoms with Crippen LogP contribution in [0.15, 0.2) is 156 Å². The molecule has 7 aromatic carbocycles. The Balaban J connectivity index is 1.06. The van der Waals surface area contributed by atoms with E-state index in [0.29, 0.717) is 17.5 Å². The molecule has 1 aliphatic rings. The van der Waals surface area contributed by atoms with Crippen LogP contribution in [0.5, 0.6) is 0 Å². The fourth-order valence-corrected chi connectivity index (χ4v) is 9.58. The van der Waals surface area contributed by atoms with Crippen molar-refractivity contribution in [1.29, 1.82) is 0 Å². The van der Waals surface area contributed by atoms with Gasteiger partial charge in [-0.2, -0.15) is 0 Å². The first kappa shape index (κ1) is 30.2. The molecule has 5 heteroatoms. The summed E-state index contributed by atoms with van der Waals surface area (Å²) in [7, 11) is 0. The van der Waals surface area contributed by atoms with Crippen LogP contribution in [0.3, 0.4) is 0 Å². The lowest BCUT2D eigenvalue weighted by Crippen LogP contribution is -2.14. The minimum Gasteiger partial charge on any atom is -0.456 e. The molecule has 0 aliphatic heterocycles. The Morgan fingerprint density at radius 1 is 0.453 bits per heavy atom. The Labute approximate surface area is 310 Å². The lowest BCUT2D eigenvalue weighted by Gasteiger charge is -2.21. The van der Waals surface area contributed by atoms with Crippen LogP contribution in [0.1, 0.15) is 25.0 Å². The molecule has 11 rings (SSSR count). The lowest BCUT2D eigenvalue weighted by atomic mass is 9.82. The molecule has 3 aromatic heterocycles. The maximum atomic E-state index is 6.63. The number of rotatable bonds is 4. The van der Waals surface area contributed by atoms with Crippen LogP contribution in [0.2, 0.25) is 0 Å². The van der Waals surface area contributed by atoms with E-state index in [0.717, 1.165) is 44.2 Å². The Bertz CT molecular complexity index is 3100. The second kappa shape index (κ2) is 11.3. The summed E-state index contributed by atoms with van der Waals surface area (Å²) >= 11 is 1.85. The van der Waals surface area contributed by atoms with Crippen LogP contribution in [-0.2, 0) is 5.41 Å². The van der Waals surface area contributed by atoms with Crippen LogP contribution >= 0.6 is 11.3 Å². The summed E-state index contributed by atoms with van der Waals surface area (Å²) in [5.41, 5.74) is 11.7. The molecule has 3 heterocycles. The fourth-order valence-electron chi connectivity index (χ4n) is 8.34. The van der Waals surface area contributed by atoms with Gasteiger partial charge in [0, 0.05) is 53.1 Å². The van der Waals surface area contributed by atoms with Crippen molar-refractivity contribution in [3.63, 3.8) is 0 Å². The van der Waals surface area contributed by atoms with Crippen LogP contribution < -0.4 is 0 Å². The highest BCUT2D eigenvalue weighted by molar-refractivity contribution is 7.26. The maximum Gasteiger partial charge on any atom is 0.164 e. The smallest absolute Gasteiger partial charge is 0.164 e. The van der Waals surface area contributed by atoms with E-state index in [4.69, 9.17) is 19.4 Å². The number of nitrogens with zero attached hydrogens (tertiary/aromatic N) is 3. The van der Waals surface area contributed by atoms with E-state index in [-0.39, 0.29) is 5.41 Å². The zero-order valence-electron chi connectivity index (χ0n) is 29.1. The van der Waals surface area contributed by atoms with Gasteiger partial charge in [-0.15, -0.1) is 11.3 Å². The number of hydrogen-bond donors (Lipinski definition) is 0. The maximum absolute atomic E-state index is 6.63. The van der Waals surface area contributed by atoms with Crippen molar-refractivity contribution in [2.24, 2.45) is 0 Å². The SMILES string of the molecule is CC1(C)c2ccccc2-c2c(-c3nc(-c4ccccc4)nc(-c4ccc5c(c4)oc4cc(-c6cccc7c6sc6ccccc67)ccc45)n3)cccc21. The van der Waals surface area contributed by atoms with Crippen molar-refractivity contribution in [2.75, 3.05) is 0 Å². The third-order valence-corrected chi connectivity index (χ3v) is 12.2. The first-order valence-corrected chi connectivity index (χ1v) is 18.8. The number of fused-ring (bicyclic) bond motifs is 9. The first-order valence-electron chi connectivity index (χ1n) is 17.9. The Morgan fingerprint density at radius 2 is 1.06 bits per heavy atom. The van der Waals surface area contributed by atoms with Gasteiger partial charge in [-0.25, -0.2) is 15.0 Å². The van der Waals surface area contributed by atoms with Gasteiger partial charge in [0.1, 0.15) is 11.2 Å². The van der Waals surface area contributed by atoms with Crippen molar-refractivity contribution in [1.82, 2.24) is 15.0 Å². The molecule has 10 aromatic rings. The van der Waals surface area contributed by atoms with Crippen LogP contribution in [0, 0.1) is 0 Å². The predicted octanol–water partition coefficient (Wildman–Crippen LogP) is 13.1. The molecular weight excluding hydrogens is 667 g/mol. The number of furan rings is 1. The van der Waals surface area contributed by atoms with Crippen LogP contribution in [0.25, 0.3) is 98.5 Å². The molecular formula is C48H31N3OS. The normalized spacial score (nSPS) is 13.2. The van der Waals surface area contributed by atoms with Crippen LogP contribution in [-0.4, -0.2) is 15.0 Å². The van der Waals surface area contributed by atoms with Gasteiger partial charge in [0.25, 0.3) is 0 Å². The van der Waals surface area contributed by atoms with Gasteiger partial charge in [0.2, 0.25) is 0 Å². The third-order valence-electron chi connectivity index (χ3n) is 11.0. The summed E-state index contributed by atoms with van der Waals surface area (Å²) < 4.78 is 9.23. The summed E-state index contributed by atoms with van der Waals surface area (Å²) in [6, 6.07) is 53.5. The minimum atomic E-state index is -0.128. The average Bonchev–Trinajstić information content (AvgIpc) is 3.85. The highest BCUT2D eigenvalue weighted by Crippen LogP contribution is 2.51. The molecule has 1 aliphatic carbocycles. The van der Waals surface area contributed by atoms with Gasteiger partial charge >= 0.3 is 0 Å². The molecule has 0 fully saturated rings. The molecule has 0 atom stereocenters. The van der Waals surface area contributed by atoms with Crippen molar-refractivity contribution in [2.45, 2.75) is 19.3 Å². The summed E-state index contributed by atoms with van der Waals surface area (Å²) in [5, 5.41) is 4.74. The molecule has 0 saturated carbocycles. The quantitative estimate of drug-likeness (QED) is 0.184. The lowest BCUT2D eigenvalue weighted by molar-refractivity contribution is 0.660. The second-order valence-electron chi connectivity index (χ2n) is 14.4. The largest absolute Gasteiger partial charge is 0.456 e. The van der Waals surface area contributed by atoms with Gasteiger partial charge < -0.3 is 4.42 Å². The Hall–Kier alpha value is -6.43. The van der Waals surface area contributed by atoms with Gasteiger partial charge in [-0.05, 0) is 63.7 Å². The number of aromatic nitrogens is 3. The van der Waals surface area contributed by atoms with Gasteiger partial charge in [-0.3, -0.25) is 0 Å². The van der Waals surface area contributed by atoms with E-state index in [1.807, 2.05) is 29.5 Å². The molecule has 0 bridgehead atoms. The Morgan fingerprint density at radius 3 is 1.91 bits per heavy atom.